The molecule has 0 atom stereocenters. The lowest BCUT2D eigenvalue weighted by Crippen LogP contribution is -2.51. The van der Waals surface area contributed by atoms with Crippen molar-refractivity contribution in [2.24, 2.45) is 0 Å². The van der Waals surface area contributed by atoms with Gasteiger partial charge in [0, 0.05) is 17.3 Å². The topological polar surface area (TPSA) is 20.0 Å². The Morgan fingerprint density at radius 2 is 1.59 bits per heavy atom. The fourth-order valence-electron chi connectivity index (χ4n) is 4.23. The van der Waals surface area contributed by atoms with Crippen LogP contribution in [-0.2, 0) is 0 Å². The number of hydrogen-bond donors (Lipinski definition) is 1. The molecule has 5 rings (SSSR count). The lowest BCUT2D eigenvalue weighted by molar-refractivity contribution is -0.317. The van der Waals surface area contributed by atoms with Gasteiger partial charge < -0.3 is 17.6 Å². The molecule has 0 radical (unpaired) electrons. The molecule has 2 aliphatic heterocycles. The van der Waals surface area contributed by atoms with Gasteiger partial charge in [-0.15, -0.1) is 0 Å². The monoisotopic (exact) mass is 361 g/mol. The summed E-state index contributed by atoms with van der Waals surface area (Å²) in [5.41, 5.74) is 4.95. The number of para-hydroxylation sites is 1. The maximum absolute atomic E-state index is 15.8. The van der Waals surface area contributed by atoms with Crippen molar-refractivity contribution in [3.05, 3.63) is 88.7 Å². The van der Waals surface area contributed by atoms with Crippen LogP contribution in [0.2, 0.25) is 0 Å². The van der Waals surface area contributed by atoms with E-state index in [9.17, 15) is 0 Å². The van der Waals surface area contributed by atoms with Crippen LogP contribution in [0, 0.1) is 13.8 Å². The Hall–Kier alpha value is -3.15. The first-order chi connectivity index (χ1) is 13.0. The highest BCUT2D eigenvalue weighted by molar-refractivity contribution is 6.59. The second kappa shape index (κ2) is 5.43. The van der Waals surface area contributed by atoms with Crippen molar-refractivity contribution in [1.82, 2.24) is 4.48 Å². The lowest BCUT2D eigenvalue weighted by atomic mass is 9.90. The van der Waals surface area contributed by atoms with Gasteiger partial charge in [0.05, 0.1) is 11.3 Å². The van der Waals surface area contributed by atoms with Gasteiger partial charge in [0.2, 0.25) is 5.84 Å². The first-order valence-electron chi connectivity index (χ1n) is 8.99. The van der Waals surface area contributed by atoms with E-state index in [1.54, 1.807) is 6.92 Å². The zero-order chi connectivity index (χ0) is 18.8. The number of hydrogen-bond acceptors (Lipinski definition) is 1. The Labute approximate surface area is 156 Å². The van der Waals surface area contributed by atoms with Gasteiger partial charge >= 0.3 is 6.97 Å². The highest BCUT2D eigenvalue weighted by atomic mass is 19.2. The van der Waals surface area contributed by atoms with E-state index in [1.165, 1.54) is 8.96 Å². The fraction of sp³-hybridized carbons (Fsp3) is 0.0952. The van der Waals surface area contributed by atoms with Gasteiger partial charge in [-0.2, -0.15) is 0 Å². The average Bonchev–Trinajstić information content (AvgIpc) is 3.12. The van der Waals surface area contributed by atoms with Crippen LogP contribution in [0.5, 0.6) is 0 Å². The molecule has 0 amide bonds. The molecule has 0 aliphatic carbocycles. The van der Waals surface area contributed by atoms with Gasteiger partial charge in [0.15, 0.2) is 0 Å². The predicted octanol–water partition coefficient (Wildman–Crippen LogP) is 4.72. The number of aromatic nitrogens is 1. The smallest absolute Gasteiger partial charge is 0.420 e. The molecule has 2 aliphatic rings. The molecule has 1 aromatic heterocycles. The van der Waals surface area contributed by atoms with E-state index >= 15 is 8.63 Å². The number of nitrogens with one attached hydrogen (secondary N) is 1. The zero-order valence-electron chi connectivity index (χ0n) is 15.1. The molecule has 1 N–H and O–H groups in total. The Kier molecular flexibility index (Phi) is 3.23. The van der Waals surface area contributed by atoms with Crippen molar-refractivity contribution in [3.8, 4) is 0 Å². The minimum atomic E-state index is -4.02. The normalized spacial score (nSPS) is 16.5. The third-order valence-corrected chi connectivity index (χ3v) is 5.36. The highest BCUT2D eigenvalue weighted by Crippen LogP contribution is 2.40. The summed E-state index contributed by atoms with van der Waals surface area (Å²) in [6, 6.07) is 18.8. The summed E-state index contributed by atoms with van der Waals surface area (Å²) in [5, 5.41) is 3.23. The molecule has 0 saturated heterocycles. The molecule has 27 heavy (non-hydrogen) atoms. The summed E-state index contributed by atoms with van der Waals surface area (Å²) in [5.74, 6) is 0.421. The van der Waals surface area contributed by atoms with Crippen LogP contribution < -0.4 is 5.32 Å². The van der Waals surface area contributed by atoms with Crippen molar-refractivity contribution in [2.75, 3.05) is 5.32 Å². The van der Waals surface area contributed by atoms with Gasteiger partial charge in [0.1, 0.15) is 5.69 Å². The number of fused-ring (bicyclic) bond motifs is 4. The van der Waals surface area contributed by atoms with E-state index < -0.39 is 6.97 Å². The van der Waals surface area contributed by atoms with Crippen molar-refractivity contribution >= 4 is 30.3 Å². The van der Waals surface area contributed by atoms with E-state index in [0.29, 0.717) is 22.9 Å². The number of halogens is 2. The first-order valence-corrected chi connectivity index (χ1v) is 8.99. The van der Waals surface area contributed by atoms with Gasteiger partial charge in [-0.1, -0.05) is 30.3 Å². The number of amidine groups is 1. The van der Waals surface area contributed by atoms with Crippen molar-refractivity contribution in [1.29, 1.82) is 0 Å². The van der Waals surface area contributed by atoms with Crippen LogP contribution in [-0.4, -0.2) is 21.8 Å². The van der Waals surface area contributed by atoms with E-state index in [-0.39, 0.29) is 0 Å². The third kappa shape index (κ3) is 2.16. The number of benzene rings is 2. The summed E-state index contributed by atoms with van der Waals surface area (Å²) in [7, 11) is 0. The molecule has 0 fully saturated rings. The van der Waals surface area contributed by atoms with Crippen LogP contribution in [0.3, 0.4) is 0 Å². The van der Waals surface area contributed by atoms with Crippen molar-refractivity contribution in [2.45, 2.75) is 13.8 Å². The summed E-state index contributed by atoms with van der Waals surface area (Å²) in [4.78, 5) is 0. The second-order valence-corrected chi connectivity index (χ2v) is 7.10. The average molecular weight is 361 g/mol. The highest BCUT2D eigenvalue weighted by Gasteiger charge is 2.50. The molecule has 6 heteroatoms. The Morgan fingerprint density at radius 3 is 2.33 bits per heavy atom. The van der Waals surface area contributed by atoms with Crippen LogP contribution in [0.1, 0.15) is 28.1 Å². The maximum Gasteiger partial charge on any atom is 0.639 e. The number of rotatable bonds is 1. The second-order valence-electron chi connectivity index (χ2n) is 7.10. The number of anilines is 1. The minimum absolute atomic E-state index is 0.421. The molecule has 0 bridgehead atoms. The van der Waals surface area contributed by atoms with Crippen molar-refractivity contribution in [3.63, 3.8) is 0 Å². The molecule has 3 aromatic rings. The Bertz CT molecular complexity index is 1140. The molecular weight excluding hydrogens is 343 g/mol. The number of aryl methyl sites for hydroxylation is 2. The van der Waals surface area contributed by atoms with Crippen molar-refractivity contribution < 1.29 is 13.1 Å². The summed E-state index contributed by atoms with van der Waals surface area (Å²) >= 11 is 0. The summed E-state index contributed by atoms with van der Waals surface area (Å²) in [6.07, 6.45) is 1.88. The van der Waals surface area contributed by atoms with Crippen LogP contribution >= 0.6 is 0 Å². The molecule has 3 heterocycles. The Balaban J connectivity index is 1.81. The van der Waals surface area contributed by atoms with E-state index in [4.69, 9.17) is 0 Å². The summed E-state index contributed by atoms with van der Waals surface area (Å²) < 4.78 is 33.9. The Morgan fingerprint density at radius 1 is 0.926 bits per heavy atom. The lowest BCUT2D eigenvalue weighted by Gasteiger charge is -2.34. The maximum atomic E-state index is 15.8. The van der Waals surface area contributed by atoms with Gasteiger partial charge in [-0.3, -0.25) is 0 Å². The molecule has 134 valence electrons. The van der Waals surface area contributed by atoms with E-state index in [0.717, 1.165) is 22.4 Å². The molecule has 0 saturated carbocycles. The zero-order valence-corrected chi connectivity index (χ0v) is 15.1. The molecule has 2 aromatic carbocycles. The standard InChI is InChI=1S/C21H18BF2N3/c1-14-12-15(2)26-19(14)13-20-17-10-6-7-11-18(17)21(27(20)22(26,23)24)25-16-8-4-3-5-9-16/h3-13,25H,1-2H3. The minimum Gasteiger partial charge on any atom is -0.420 e. The van der Waals surface area contributed by atoms with E-state index in [1.807, 2.05) is 73.7 Å². The van der Waals surface area contributed by atoms with Gasteiger partial charge in [-0.25, -0.2) is 5.32 Å². The van der Waals surface area contributed by atoms with E-state index in [2.05, 4.69) is 5.32 Å². The summed E-state index contributed by atoms with van der Waals surface area (Å²) in [6.45, 7) is -0.402. The van der Waals surface area contributed by atoms with Gasteiger partial charge in [-0.05, 0) is 55.4 Å². The van der Waals surface area contributed by atoms with Crippen LogP contribution in [0.15, 0.2) is 60.7 Å². The number of nitrogens with zero attached hydrogens (tertiary/aromatic N) is 2. The van der Waals surface area contributed by atoms with Gasteiger partial charge in [0.25, 0.3) is 0 Å². The fourth-order valence-corrected chi connectivity index (χ4v) is 4.23. The first kappa shape index (κ1) is 16.1. The quantitative estimate of drug-likeness (QED) is 0.622. The van der Waals surface area contributed by atoms with Crippen LogP contribution in [0.25, 0.3) is 11.8 Å². The molecule has 3 nitrogen and oxygen atoms in total. The molecular formula is C21H18BF2N3. The molecule has 0 spiro atoms. The van der Waals surface area contributed by atoms with Crippen LogP contribution in [0.4, 0.5) is 14.3 Å². The SMILES string of the molecule is Cc1cc(C)n2c1C=C1c3ccccc3C(Nc3ccccc3)=[N+]1[B-]2(F)F. The molecule has 0 unspecified atom stereocenters. The predicted molar refractivity (Wildman–Crippen MR) is 106 cm³/mol. The third-order valence-electron chi connectivity index (χ3n) is 5.36. The largest absolute Gasteiger partial charge is 0.639 e.